The van der Waals surface area contributed by atoms with Crippen LogP contribution < -0.4 is 20.4 Å². The molecule has 3 fully saturated rings. The first-order valence-corrected chi connectivity index (χ1v) is 16.3. The standard InChI is InChI=1S/C32H60N8O/c1-24-20-26(21-30(3,4)36-24)38(9)14-12-10-11-13-15-40(27-22-31(5,6)37-32(7,8)23-27)29-34-25(2)33-28(35-29)39-16-18-41-19-17-39/h24,26-27,36-37H,10-23H2,1-9H3. The molecular weight excluding hydrogens is 512 g/mol. The van der Waals surface area contributed by atoms with Crippen LogP contribution in [-0.2, 0) is 4.74 Å². The molecule has 2 atom stereocenters. The fraction of sp³-hybridized carbons (Fsp3) is 0.906. The van der Waals surface area contributed by atoms with Gasteiger partial charge in [-0.05, 0) is 108 Å². The van der Waals surface area contributed by atoms with Crippen molar-refractivity contribution in [2.75, 3.05) is 56.2 Å². The lowest BCUT2D eigenvalue weighted by atomic mass is 9.79. The van der Waals surface area contributed by atoms with Crippen molar-refractivity contribution < 1.29 is 4.74 Å². The van der Waals surface area contributed by atoms with E-state index in [1.807, 2.05) is 6.92 Å². The molecule has 41 heavy (non-hydrogen) atoms. The average molecular weight is 573 g/mol. The van der Waals surface area contributed by atoms with Crippen molar-refractivity contribution in [2.24, 2.45) is 0 Å². The fourth-order valence-electron chi connectivity index (χ4n) is 7.80. The summed E-state index contributed by atoms with van der Waals surface area (Å²) in [6, 6.07) is 1.65. The molecule has 0 aromatic carbocycles. The predicted octanol–water partition coefficient (Wildman–Crippen LogP) is 4.54. The molecule has 0 radical (unpaired) electrons. The number of rotatable bonds is 11. The van der Waals surface area contributed by atoms with Crippen molar-refractivity contribution in [2.45, 2.75) is 141 Å². The van der Waals surface area contributed by atoms with Crippen molar-refractivity contribution in [1.29, 1.82) is 0 Å². The van der Waals surface area contributed by atoms with Crippen LogP contribution in [0.4, 0.5) is 11.9 Å². The molecule has 9 nitrogen and oxygen atoms in total. The first-order chi connectivity index (χ1) is 19.2. The van der Waals surface area contributed by atoms with Gasteiger partial charge in [-0.1, -0.05) is 12.8 Å². The highest BCUT2D eigenvalue weighted by Crippen LogP contribution is 2.34. The van der Waals surface area contributed by atoms with E-state index < -0.39 is 0 Å². The smallest absolute Gasteiger partial charge is 0.230 e. The number of aromatic nitrogens is 3. The minimum atomic E-state index is 0.0606. The van der Waals surface area contributed by atoms with Crippen molar-refractivity contribution in [3.05, 3.63) is 5.82 Å². The first kappa shape index (κ1) is 32.4. The van der Waals surface area contributed by atoms with Crippen LogP contribution in [0, 0.1) is 6.92 Å². The van der Waals surface area contributed by atoms with Crippen LogP contribution in [0.15, 0.2) is 0 Å². The van der Waals surface area contributed by atoms with E-state index in [0.29, 0.717) is 18.1 Å². The van der Waals surface area contributed by atoms with Crippen LogP contribution in [-0.4, -0.2) is 101 Å². The van der Waals surface area contributed by atoms with Crippen LogP contribution in [0.25, 0.3) is 0 Å². The minimum absolute atomic E-state index is 0.0606. The largest absolute Gasteiger partial charge is 0.378 e. The molecule has 0 aliphatic carbocycles. The number of unbranched alkanes of at least 4 members (excludes halogenated alkanes) is 3. The summed E-state index contributed by atoms with van der Waals surface area (Å²) in [7, 11) is 2.33. The van der Waals surface area contributed by atoms with E-state index >= 15 is 0 Å². The molecule has 1 aromatic heterocycles. The van der Waals surface area contributed by atoms with Gasteiger partial charge < -0.3 is 30.1 Å². The molecule has 2 N–H and O–H groups in total. The van der Waals surface area contributed by atoms with Gasteiger partial charge >= 0.3 is 0 Å². The Kier molecular flexibility index (Phi) is 10.6. The summed E-state index contributed by atoms with van der Waals surface area (Å²) in [4.78, 5) is 22.1. The maximum Gasteiger partial charge on any atom is 0.230 e. The lowest BCUT2D eigenvalue weighted by molar-refractivity contribution is 0.118. The predicted molar refractivity (Wildman–Crippen MR) is 170 cm³/mol. The van der Waals surface area contributed by atoms with Gasteiger partial charge in [0.2, 0.25) is 11.9 Å². The van der Waals surface area contributed by atoms with Crippen LogP contribution in [0.1, 0.15) is 106 Å². The Morgan fingerprint density at radius 1 is 0.829 bits per heavy atom. The quantitative estimate of drug-likeness (QED) is 0.371. The number of hydrogen-bond acceptors (Lipinski definition) is 9. The van der Waals surface area contributed by atoms with Crippen molar-refractivity contribution in [3.63, 3.8) is 0 Å². The topological polar surface area (TPSA) is 81.7 Å². The summed E-state index contributed by atoms with van der Waals surface area (Å²) in [6.07, 6.45) is 9.53. The third-order valence-electron chi connectivity index (χ3n) is 9.18. The van der Waals surface area contributed by atoms with E-state index in [2.05, 4.69) is 80.8 Å². The highest BCUT2D eigenvalue weighted by atomic mass is 16.5. The Balaban J connectivity index is 1.38. The Bertz CT molecular complexity index is 960. The SMILES string of the molecule is Cc1nc(N2CCOCC2)nc(N(CCCCCCN(C)C2CC(C)NC(C)(C)C2)C2CC(C)(C)NC(C)(C)C2)n1. The second-order valence-electron chi connectivity index (χ2n) is 15.1. The van der Waals surface area contributed by atoms with Gasteiger partial charge in [-0.25, -0.2) is 0 Å². The van der Waals surface area contributed by atoms with Crippen LogP contribution >= 0.6 is 0 Å². The number of anilines is 2. The summed E-state index contributed by atoms with van der Waals surface area (Å²) in [5.74, 6) is 2.44. The number of morpholine rings is 1. The molecule has 3 saturated heterocycles. The summed E-state index contributed by atoms with van der Waals surface area (Å²) in [5.41, 5.74) is 0.350. The molecule has 4 rings (SSSR count). The highest BCUT2D eigenvalue weighted by molar-refractivity contribution is 5.41. The van der Waals surface area contributed by atoms with E-state index in [1.165, 1.54) is 38.6 Å². The fourth-order valence-corrected chi connectivity index (χ4v) is 7.80. The van der Waals surface area contributed by atoms with E-state index in [4.69, 9.17) is 19.7 Å². The molecule has 0 spiro atoms. The number of nitrogens with one attached hydrogen (secondary N) is 2. The van der Waals surface area contributed by atoms with E-state index in [0.717, 1.165) is 69.8 Å². The monoisotopic (exact) mass is 572 g/mol. The summed E-state index contributed by atoms with van der Waals surface area (Å²) in [5, 5.41) is 7.61. The third-order valence-corrected chi connectivity index (χ3v) is 9.18. The van der Waals surface area contributed by atoms with Gasteiger partial charge in [0.1, 0.15) is 5.82 Å². The number of ether oxygens (including phenoxy) is 1. The van der Waals surface area contributed by atoms with Gasteiger partial charge in [0.25, 0.3) is 0 Å². The summed E-state index contributed by atoms with van der Waals surface area (Å²) in [6.45, 7) is 23.6. The highest BCUT2D eigenvalue weighted by Gasteiger charge is 2.41. The number of hydrogen-bond donors (Lipinski definition) is 2. The van der Waals surface area contributed by atoms with Crippen LogP contribution in [0.3, 0.4) is 0 Å². The van der Waals surface area contributed by atoms with Crippen LogP contribution in [0.5, 0.6) is 0 Å². The van der Waals surface area contributed by atoms with E-state index in [9.17, 15) is 0 Å². The molecule has 9 heteroatoms. The van der Waals surface area contributed by atoms with Gasteiger partial charge in [-0.3, -0.25) is 0 Å². The maximum atomic E-state index is 5.58. The second-order valence-corrected chi connectivity index (χ2v) is 15.1. The summed E-state index contributed by atoms with van der Waals surface area (Å²) < 4.78 is 5.58. The molecule has 3 aliphatic heterocycles. The van der Waals surface area contributed by atoms with Gasteiger partial charge in [-0.2, -0.15) is 15.0 Å². The zero-order chi connectivity index (χ0) is 29.8. The molecule has 1 aromatic rings. The van der Waals surface area contributed by atoms with Crippen molar-refractivity contribution >= 4 is 11.9 Å². The zero-order valence-electron chi connectivity index (χ0n) is 27.7. The zero-order valence-corrected chi connectivity index (χ0v) is 27.7. The molecular formula is C32H60N8O. The molecule has 0 saturated carbocycles. The number of piperidine rings is 2. The van der Waals surface area contributed by atoms with Gasteiger partial charge in [0.15, 0.2) is 0 Å². The Labute approximate surface area is 250 Å². The van der Waals surface area contributed by atoms with Gasteiger partial charge in [0.05, 0.1) is 13.2 Å². The Hall–Kier alpha value is -1.55. The van der Waals surface area contributed by atoms with Gasteiger partial charge in [-0.15, -0.1) is 0 Å². The molecule has 2 unspecified atom stereocenters. The lowest BCUT2D eigenvalue weighted by Crippen LogP contribution is -2.62. The second kappa shape index (κ2) is 13.4. The molecule has 234 valence electrons. The van der Waals surface area contributed by atoms with E-state index in [1.54, 1.807) is 0 Å². The summed E-state index contributed by atoms with van der Waals surface area (Å²) >= 11 is 0. The number of aryl methyl sites for hydroxylation is 1. The molecule has 0 bridgehead atoms. The first-order valence-electron chi connectivity index (χ1n) is 16.3. The van der Waals surface area contributed by atoms with Crippen LogP contribution in [0.2, 0.25) is 0 Å². The Morgan fingerprint density at radius 3 is 2.07 bits per heavy atom. The van der Waals surface area contributed by atoms with Crippen molar-refractivity contribution in [3.8, 4) is 0 Å². The lowest BCUT2D eigenvalue weighted by Gasteiger charge is -2.49. The molecule has 4 heterocycles. The third kappa shape index (κ3) is 9.47. The molecule has 0 amide bonds. The molecule has 3 aliphatic rings. The van der Waals surface area contributed by atoms with Gasteiger partial charge in [0, 0.05) is 54.4 Å². The average Bonchev–Trinajstić information content (AvgIpc) is 2.85. The minimum Gasteiger partial charge on any atom is -0.378 e. The van der Waals surface area contributed by atoms with E-state index in [-0.39, 0.29) is 16.6 Å². The van der Waals surface area contributed by atoms with Crippen molar-refractivity contribution in [1.82, 2.24) is 30.5 Å². The number of nitrogens with zero attached hydrogens (tertiary/aromatic N) is 6. The normalized spacial score (nSPS) is 26.3. The maximum absolute atomic E-state index is 5.58. The Morgan fingerprint density at radius 2 is 1.44 bits per heavy atom.